The Labute approximate surface area is 269 Å². The van der Waals surface area contributed by atoms with Crippen molar-refractivity contribution in [1.82, 2.24) is 19.3 Å². The van der Waals surface area contributed by atoms with Gasteiger partial charge in [-0.15, -0.1) is 0 Å². The molecule has 1 amide bonds. The van der Waals surface area contributed by atoms with Crippen molar-refractivity contribution in [1.29, 1.82) is 0 Å². The quantitative estimate of drug-likeness (QED) is 0.187. The normalized spacial score (nSPS) is 18.5. The average molecular weight is 664 g/mol. The molecule has 1 atom stereocenters. The van der Waals surface area contributed by atoms with E-state index < -0.39 is 37.1 Å². The minimum Gasteiger partial charge on any atom is -0.497 e. The molecule has 3 heterocycles. The number of nitro groups is 1. The highest BCUT2D eigenvalue weighted by molar-refractivity contribution is 7.89. The summed E-state index contributed by atoms with van der Waals surface area (Å²) >= 11 is 0. The Morgan fingerprint density at radius 3 is 2.66 bits per heavy atom. The maximum absolute atomic E-state index is 13.8. The molecule has 6 rings (SSSR count). The number of hydrogen-bond donors (Lipinski definition) is 2. The number of nitrogens with one attached hydrogen (secondary N) is 2. The van der Waals surface area contributed by atoms with E-state index in [1.54, 1.807) is 24.3 Å². The van der Waals surface area contributed by atoms with Crippen molar-refractivity contribution in [2.24, 2.45) is 5.92 Å². The lowest BCUT2D eigenvalue weighted by atomic mass is 9.81. The molecule has 2 N–H and O–H groups in total. The lowest BCUT2D eigenvalue weighted by Crippen LogP contribution is -2.47. The summed E-state index contributed by atoms with van der Waals surface area (Å²) in [5.41, 5.74) is 0.0213. The second-order valence-corrected chi connectivity index (χ2v) is 13.2. The van der Waals surface area contributed by atoms with Gasteiger partial charge >= 0.3 is 0 Å². The summed E-state index contributed by atoms with van der Waals surface area (Å²) < 4.78 is 42.5. The molecular formula is C31H33N7O8S. The van der Waals surface area contributed by atoms with Crippen molar-refractivity contribution in [2.45, 2.75) is 49.2 Å². The van der Waals surface area contributed by atoms with Crippen molar-refractivity contribution >= 4 is 44.3 Å². The molecule has 0 radical (unpaired) electrons. The smallest absolute Gasteiger partial charge is 0.289 e. The van der Waals surface area contributed by atoms with Crippen molar-refractivity contribution in [3.05, 3.63) is 81.3 Å². The SMILES string of the molecule is COc1ccc2ncc(=O)n(CC(NS(=O)(=O)c3ccccc3[N+](=O)[O-])C3CCC(N(C)c4ccc5c(n4)NC(=O)CO5)CC3)c2c1. The minimum absolute atomic E-state index is 0.0396. The number of methoxy groups -OCH3 is 1. The van der Waals surface area contributed by atoms with Gasteiger partial charge in [-0.2, -0.15) is 0 Å². The number of ether oxygens (including phenoxy) is 2. The van der Waals surface area contributed by atoms with Gasteiger partial charge in [-0.25, -0.2) is 23.1 Å². The molecule has 2 aliphatic rings. The highest BCUT2D eigenvalue weighted by Gasteiger charge is 2.35. The number of sulfonamides is 1. The Bertz CT molecular complexity index is 2010. The fourth-order valence-corrected chi connectivity index (χ4v) is 7.73. The molecule has 1 aliphatic carbocycles. The molecular weight excluding hydrogens is 630 g/mol. The fourth-order valence-electron chi connectivity index (χ4n) is 6.26. The predicted molar refractivity (Wildman–Crippen MR) is 172 cm³/mol. The van der Waals surface area contributed by atoms with Crippen LogP contribution in [0.1, 0.15) is 25.7 Å². The maximum Gasteiger partial charge on any atom is 0.289 e. The first kappa shape index (κ1) is 31.9. The molecule has 246 valence electrons. The van der Waals surface area contributed by atoms with E-state index in [0.717, 1.165) is 6.07 Å². The Hall–Kier alpha value is -5.09. The summed E-state index contributed by atoms with van der Waals surface area (Å²) in [5, 5.41) is 14.4. The van der Waals surface area contributed by atoms with Gasteiger partial charge in [-0.1, -0.05) is 12.1 Å². The maximum atomic E-state index is 13.8. The standard InChI is InChI=1S/C31H33N7O8S/c1-36(28-14-13-26-31(33-28)34-29(39)18-46-26)20-9-7-19(8-10-20)23(35-47(43,44)27-6-4-3-5-24(27)38(41)42)17-37-25-15-21(45-2)11-12-22(25)32-16-30(37)40/h3-6,11-16,19-20,23,35H,7-10,17-18H2,1-2H3,(H,33,34,39). The molecule has 4 aromatic rings. The summed E-state index contributed by atoms with van der Waals surface area (Å²) in [6.07, 6.45) is 3.71. The molecule has 15 nitrogen and oxygen atoms in total. The number of carbonyl (C=O) groups is 1. The number of benzene rings is 2. The number of anilines is 2. The van der Waals surface area contributed by atoms with E-state index in [0.29, 0.717) is 59.9 Å². The Balaban J connectivity index is 1.29. The average Bonchev–Trinajstić information content (AvgIpc) is 3.08. The van der Waals surface area contributed by atoms with Crippen LogP contribution in [0.3, 0.4) is 0 Å². The van der Waals surface area contributed by atoms with Crippen LogP contribution in [0.15, 0.2) is 70.5 Å². The van der Waals surface area contributed by atoms with E-state index in [1.807, 2.05) is 18.0 Å². The zero-order valence-corrected chi connectivity index (χ0v) is 26.5. The zero-order chi connectivity index (χ0) is 33.3. The van der Waals surface area contributed by atoms with Crippen LogP contribution >= 0.6 is 0 Å². The molecule has 1 fully saturated rings. The molecule has 1 unspecified atom stereocenters. The Morgan fingerprint density at radius 1 is 1.15 bits per heavy atom. The van der Waals surface area contributed by atoms with E-state index in [1.165, 1.54) is 36.1 Å². The van der Waals surface area contributed by atoms with Crippen molar-refractivity contribution in [3.63, 3.8) is 0 Å². The van der Waals surface area contributed by atoms with E-state index in [9.17, 15) is 28.1 Å². The van der Waals surface area contributed by atoms with Gasteiger partial charge in [0.05, 0.1) is 29.3 Å². The number of nitro benzene ring substituents is 1. The van der Waals surface area contributed by atoms with Crippen LogP contribution < -0.4 is 30.0 Å². The molecule has 0 spiro atoms. The number of fused-ring (bicyclic) bond motifs is 2. The van der Waals surface area contributed by atoms with Gasteiger partial charge in [-0.05, 0) is 61.9 Å². The third-order valence-corrected chi connectivity index (χ3v) is 10.3. The number of aromatic nitrogens is 3. The molecule has 0 saturated heterocycles. The number of pyridine rings is 1. The highest BCUT2D eigenvalue weighted by atomic mass is 32.2. The first-order valence-electron chi connectivity index (χ1n) is 15.0. The summed E-state index contributed by atoms with van der Waals surface area (Å²) in [6, 6.07) is 13.1. The van der Waals surface area contributed by atoms with Crippen molar-refractivity contribution < 1.29 is 27.6 Å². The molecule has 2 aromatic carbocycles. The largest absolute Gasteiger partial charge is 0.497 e. The molecule has 1 saturated carbocycles. The zero-order valence-electron chi connectivity index (χ0n) is 25.7. The van der Waals surface area contributed by atoms with Gasteiger partial charge in [-0.3, -0.25) is 19.7 Å². The summed E-state index contributed by atoms with van der Waals surface area (Å²) in [4.78, 5) is 46.4. The Kier molecular flexibility index (Phi) is 8.79. The van der Waals surface area contributed by atoms with E-state index in [4.69, 9.17) is 9.47 Å². The van der Waals surface area contributed by atoms with Gasteiger partial charge < -0.3 is 24.3 Å². The van der Waals surface area contributed by atoms with Crippen LogP contribution in [-0.4, -0.2) is 66.6 Å². The van der Waals surface area contributed by atoms with Gasteiger partial charge in [0.25, 0.3) is 17.2 Å². The minimum atomic E-state index is -4.38. The summed E-state index contributed by atoms with van der Waals surface area (Å²) in [7, 11) is -0.969. The lowest BCUT2D eigenvalue weighted by Gasteiger charge is -2.38. The second kappa shape index (κ2) is 13.0. The van der Waals surface area contributed by atoms with Crippen LogP contribution in [-0.2, 0) is 21.4 Å². The number of nitrogens with zero attached hydrogens (tertiary/aromatic N) is 5. The summed E-state index contributed by atoms with van der Waals surface area (Å²) in [5.74, 6) is 1.50. The number of hydrogen-bond acceptors (Lipinski definition) is 11. The van der Waals surface area contributed by atoms with E-state index in [-0.39, 0.29) is 31.0 Å². The van der Waals surface area contributed by atoms with Gasteiger partial charge in [0.2, 0.25) is 10.0 Å². The number of para-hydroxylation sites is 1. The van der Waals surface area contributed by atoms with E-state index >= 15 is 0 Å². The van der Waals surface area contributed by atoms with Crippen LogP contribution in [0, 0.1) is 16.0 Å². The number of carbonyl (C=O) groups excluding carboxylic acids is 1. The van der Waals surface area contributed by atoms with Gasteiger partial charge in [0, 0.05) is 37.8 Å². The Morgan fingerprint density at radius 2 is 1.91 bits per heavy atom. The highest BCUT2D eigenvalue weighted by Crippen LogP contribution is 2.35. The van der Waals surface area contributed by atoms with Crippen molar-refractivity contribution in [3.8, 4) is 11.5 Å². The molecule has 1 aliphatic heterocycles. The third kappa shape index (κ3) is 6.59. The first-order valence-corrected chi connectivity index (χ1v) is 16.5. The molecule has 16 heteroatoms. The van der Waals surface area contributed by atoms with Gasteiger partial charge in [0.1, 0.15) is 11.6 Å². The van der Waals surface area contributed by atoms with Crippen LogP contribution in [0.4, 0.5) is 17.3 Å². The number of rotatable bonds is 10. The van der Waals surface area contributed by atoms with Crippen LogP contribution in [0.25, 0.3) is 11.0 Å². The monoisotopic (exact) mass is 663 g/mol. The number of amides is 1. The first-order chi connectivity index (χ1) is 22.5. The second-order valence-electron chi connectivity index (χ2n) is 11.5. The predicted octanol–water partition coefficient (Wildman–Crippen LogP) is 3.08. The lowest BCUT2D eigenvalue weighted by molar-refractivity contribution is -0.387. The van der Waals surface area contributed by atoms with Gasteiger partial charge in [0.15, 0.2) is 23.1 Å². The third-order valence-electron chi connectivity index (χ3n) is 8.77. The van der Waals surface area contributed by atoms with Crippen molar-refractivity contribution in [2.75, 3.05) is 31.0 Å². The topological polar surface area (TPSA) is 188 Å². The molecule has 47 heavy (non-hydrogen) atoms. The molecule has 2 aromatic heterocycles. The molecule has 0 bridgehead atoms. The fraction of sp³-hybridized carbons (Fsp3) is 0.355. The van der Waals surface area contributed by atoms with Crippen LogP contribution in [0.5, 0.6) is 11.5 Å². The van der Waals surface area contributed by atoms with E-state index in [2.05, 4.69) is 20.0 Å². The summed E-state index contributed by atoms with van der Waals surface area (Å²) in [6.45, 7) is -0.104. The van der Waals surface area contributed by atoms with Crippen LogP contribution in [0.2, 0.25) is 0 Å².